The topological polar surface area (TPSA) is 129 Å². The van der Waals surface area contributed by atoms with Crippen LogP contribution in [0.25, 0.3) is 0 Å². The fraction of sp³-hybridized carbons (Fsp3) is 1.00. The third-order valence-electron chi connectivity index (χ3n) is 2.13. The van der Waals surface area contributed by atoms with E-state index in [-0.39, 0.29) is 6.42 Å². The van der Waals surface area contributed by atoms with Gasteiger partial charge in [-0.05, 0) is 13.3 Å². The zero-order valence-electron chi connectivity index (χ0n) is 8.28. The van der Waals surface area contributed by atoms with E-state index in [2.05, 4.69) is 0 Å². The molecule has 0 aromatic carbocycles. The van der Waals surface area contributed by atoms with E-state index in [1.165, 1.54) is 6.92 Å². The van der Waals surface area contributed by atoms with Crippen LogP contribution in [0.5, 0.6) is 0 Å². The molecule has 0 bridgehead atoms. The van der Waals surface area contributed by atoms with Crippen LogP contribution in [0, 0.1) is 0 Å². The summed E-state index contributed by atoms with van der Waals surface area (Å²) in [6.07, 6.45) is -0.0903. The van der Waals surface area contributed by atoms with E-state index < -0.39 is 36.8 Å². The molecule has 0 amide bonds. The SMILES string of the molecule is CCC(C)(O)C(CS(=O)(=O)O)S(=O)(=O)O. The molecule has 2 unspecified atom stereocenters. The Morgan fingerprint density at radius 3 is 1.80 bits per heavy atom. The molecule has 0 aromatic rings. The third kappa shape index (κ3) is 4.89. The second kappa shape index (κ2) is 4.34. The highest BCUT2D eigenvalue weighted by atomic mass is 32.2. The van der Waals surface area contributed by atoms with Gasteiger partial charge in [-0.1, -0.05) is 6.92 Å². The van der Waals surface area contributed by atoms with Crippen molar-refractivity contribution in [2.24, 2.45) is 0 Å². The molecule has 15 heavy (non-hydrogen) atoms. The van der Waals surface area contributed by atoms with Crippen molar-refractivity contribution in [1.29, 1.82) is 0 Å². The summed E-state index contributed by atoms with van der Waals surface area (Å²) in [6.45, 7) is 2.48. The highest BCUT2D eigenvalue weighted by Crippen LogP contribution is 2.21. The lowest BCUT2D eigenvalue weighted by atomic mass is 10.0. The minimum atomic E-state index is -4.76. The maximum atomic E-state index is 10.8. The van der Waals surface area contributed by atoms with Gasteiger partial charge in [-0.2, -0.15) is 16.8 Å². The normalized spacial score (nSPS) is 19.5. The average Bonchev–Trinajstić information content (AvgIpc) is 1.96. The molecule has 0 aliphatic heterocycles. The van der Waals surface area contributed by atoms with E-state index in [1.54, 1.807) is 0 Å². The van der Waals surface area contributed by atoms with E-state index in [4.69, 9.17) is 9.11 Å². The molecule has 0 heterocycles. The number of hydrogen-bond acceptors (Lipinski definition) is 5. The maximum Gasteiger partial charge on any atom is 0.271 e. The molecule has 0 fully saturated rings. The van der Waals surface area contributed by atoms with Gasteiger partial charge in [0.1, 0.15) is 5.25 Å². The first-order valence-corrected chi connectivity index (χ1v) is 7.15. The molecule has 92 valence electrons. The van der Waals surface area contributed by atoms with E-state index in [9.17, 15) is 21.9 Å². The van der Waals surface area contributed by atoms with E-state index in [0.29, 0.717) is 0 Å². The summed E-state index contributed by atoms with van der Waals surface area (Å²) in [6, 6.07) is 0. The molecule has 7 nitrogen and oxygen atoms in total. The molecule has 0 saturated carbocycles. The Morgan fingerprint density at radius 1 is 1.20 bits per heavy atom. The second-order valence-corrected chi connectivity index (χ2v) is 6.56. The van der Waals surface area contributed by atoms with Gasteiger partial charge >= 0.3 is 0 Å². The Morgan fingerprint density at radius 2 is 1.60 bits per heavy atom. The fourth-order valence-corrected chi connectivity index (χ4v) is 3.76. The van der Waals surface area contributed by atoms with Crippen LogP contribution in [0.4, 0.5) is 0 Å². The molecule has 9 heteroatoms. The van der Waals surface area contributed by atoms with Gasteiger partial charge in [0.05, 0.1) is 11.4 Å². The van der Waals surface area contributed by atoms with Crippen LogP contribution >= 0.6 is 0 Å². The zero-order chi connectivity index (χ0) is 12.5. The van der Waals surface area contributed by atoms with Gasteiger partial charge in [-0.3, -0.25) is 9.11 Å². The molecule has 2 atom stereocenters. The van der Waals surface area contributed by atoms with Crippen molar-refractivity contribution in [1.82, 2.24) is 0 Å². The highest BCUT2D eigenvalue weighted by Gasteiger charge is 2.42. The van der Waals surface area contributed by atoms with Crippen LogP contribution in [0.3, 0.4) is 0 Å². The molecular formula is C6H14O7S2. The number of hydrogen-bond donors (Lipinski definition) is 3. The predicted octanol–water partition coefficient (Wildman–Crippen LogP) is -0.708. The Hall–Kier alpha value is -0.220. The Bertz CT molecular complexity index is 405. The van der Waals surface area contributed by atoms with Crippen LogP contribution in [0.15, 0.2) is 0 Å². The van der Waals surface area contributed by atoms with Crippen LogP contribution in [0.1, 0.15) is 20.3 Å². The van der Waals surface area contributed by atoms with Gasteiger partial charge in [0.25, 0.3) is 20.2 Å². The first-order valence-electron chi connectivity index (χ1n) is 4.04. The molecule has 0 spiro atoms. The highest BCUT2D eigenvalue weighted by molar-refractivity contribution is 7.90. The van der Waals surface area contributed by atoms with Crippen molar-refractivity contribution in [2.45, 2.75) is 31.1 Å². The Kier molecular flexibility index (Phi) is 4.27. The lowest BCUT2D eigenvalue weighted by molar-refractivity contribution is 0.0535. The first-order chi connectivity index (χ1) is 6.40. The standard InChI is InChI=1S/C6H14O7S2/c1-3-6(2,7)5(15(11,12)13)4-14(8,9)10/h5,7H,3-4H2,1-2H3,(H,8,9,10)(H,11,12,13). The maximum absolute atomic E-state index is 10.8. The summed E-state index contributed by atoms with van der Waals surface area (Å²) in [4.78, 5) is 0. The van der Waals surface area contributed by atoms with Crippen LogP contribution in [-0.4, -0.2) is 47.7 Å². The molecule has 0 rings (SSSR count). The van der Waals surface area contributed by atoms with Crippen LogP contribution < -0.4 is 0 Å². The van der Waals surface area contributed by atoms with E-state index in [1.807, 2.05) is 0 Å². The van der Waals surface area contributed by atoms with Gasteiger partial charge in [0, 0.05) is 0 Å². The molecule has 0 saturated heterocycles. The monoisotopic (exact) mass is 262 g/mol. The second-order valence-electron chi connectivity index (χ2n) is 3.46. The van der Waals surface area contributed by atoms with Crippen LogP contribution in [0.2, 0.25) is 0 Å². The summed E-state index contributed by atoms with van der Waals surface area (Å²) >= 11 is 0. The van der Waals surface area contributed by atoms with Gasteiger partial charge in [0.2, 0.25) is 0 Å². The van der Waals surface area contributed by atoms with Gasteiger partial charge in [0.15, 0.2) is 0 Å². The summed E-state index contributed by atoms with van der Waals surface area (Å²) in [5.41, 5.74) is -1.93. The molecule has 0 aliphatic rings. The number of aliphatic hydroxyl groups is 1. The van der Waals surface area contributed by atoms with Crippen molar-refractivity contribution >= 4 is 20.2 Å². The van der Waals surface area contributed by atoms with Gasteiger partial charge in [-0.15, -0.1) is 0 Å². The Labute approximate surface area is 88.6 Å². The quantitative estimate of drug-likeness (QED) is 0.558. The van der Waals surface area contributed by atoms with Crippen molar-refractivity contribution in [3.8, 4) is 0 Å². The van der Waals surface area contributed by atoms with Crippen molar-refractivity contribution < 1.29 is 31.0 Å². The first kappa shape index (κ1) is 14.8. The van der Waals surface area contributed by atoms with Crippen molar-refractivity contribution in [3.63, 3.8) is 0 Å². The summed E-state index contributed by atoms with van der Waals surface area (Å²) in [5.74, 6) is -1.24. The minimum Gasteiger partial charge on any atom is -0.389 e. The lowest BCUT2D eigenvalue weighted by Gasteiger charge is -2.28. The van der Waals surface area contributed by atoms with E-state index in [0.717, 1.165) is 6.92 Å². The predicted molar refractivity (Wildman–Crippen MR) is 52.7 cm³/mol. The lowest BCUT2D eigenvalue weighted by Crippen LogP contribution is -2.48. The van der Waals surface area contributed by atoms with Crippen molar-refractivity contribution in [2.75, 3.05) is 5.75 Å². The average molecular weight is 262 g/mol. The van der Waals surface area contributed by atoms with Gasteiger partial charge in [-0.25, -0.2) is 0 Å². The minimum absolute atomic E-state index is 0.0903. The largest absolute Gasteiger partial charge is 0.389 e. The molecule has 0 radical (unpaired) electrons. The molecular weight excluding hydrogens is 248 g/mol. The smallest absolute Gasteiger partial charge is 0.271 e. The fourth-order valence-electron chi connectivity index (χ4n) is 1.01. The van der Waals surface area contributed by atoms with Crippen molar-refractivity contribution in [3.05, 3.63) is 0 Å². The summed E-state index contributed by atoms with van der Waals surface area (Å²) < 4.78 is 59.9. The molecule has 0 aromatic heterocycles. The Balaban J connectivity index is 5.29. The van der Waals surface area contributed by atoms with E-state index >= 15 is 0 Å². The third-order valence-corrected chi connectivity index (χ3v) is 4.49. The summed E-state index contributed by atoms with van der Waals surface area (Å²) in [5, 5.41) is 7.60. The zero-order valence-corrected chi connectivity index (χ0v) is 9.92. The molecule has 3 N–H and O–H groups in total. The molecule has 0 aliphatic carbocycles. The van der Waals surface area contributed by atoms with Crippen LogP contribution in [-0.2, 0) is 20.2 Å². The van der Waals surface area contributed by atoms with Gasteiger partial charge < -0.3 is 5.11 Å². The number of rotatable bonds is 5. The summed E-state index contributed by atoms with van der Waals surface area (Å²) in [7, 11) is -9.36.